The maximum Gasteiger partial charge on any atom is 0.313 e. The number of carboxylic acids is 1. The molecule has 0 saturated carbocycles. The molecule has 1 heterocycles. The van der Waals surface area contributed by atoms with Crippen molar-refractivity contribution in [2.75, 3.05) is 5.75 Å². The van der Waals surface area contributed by atoms with Gasteiger partial charge in [0.25, 0.3) is 0 Å². The van der Waals surface area contributed by atoms with Crippen molar-refractivity contribution in [3.8, 4) is 0 Å². The van der Waals surface area contributed by atoms with Crippen molar-refractivity contribution in [1.29, 1.82) is 0 Å². The summed E-state index contributed by atoms with van der Waals surface area (Å²) in [6.07, 6.45) is 0. The highest BCUT2D eigenvalue weighted by atomic mass is 32.2. The molecule has 0 atom stereocenters. The zero-order valence-corrected chi connectivity index (χ0v) is 9.70. The number of thioether (sulfide) groups is 1. The molecular formula is C11H12N2O2S. The molecule has 0 aliphatic carbocycles. The van der Waals surface area contributed by atoms with Crippen LogP contribution in [0.2, 0.25) is 0 Å². The lowest BCUT2D eigenvalue weighted by Crippen LogP contribution is -2.01. The summed E-state index contributed by atoms with van der Waals surface area (Å²) in [7, 11) is 1.95. The third-order valence-electron chi connectivity index (χ3n) is 2.34. The molecule has 5 heteroatoms. The number of aromatic nitrogens is 2. The summed E-state index contributed by atoms with van der Waals surface area (Å²) in [5.74, 6) is 0.858. The van der Waals surface area contributed by atoms with Gasteiger partial charge >= 0.3 is 5.97 Å². The number of carboxylic acid groups (broad SMARTS) is 1. The summed E-state index contributed by atoms with van der Waals surface area (Å²) in [6, 6.07) is 7.89. The molecule has 0 saturated heterocycles. The van der Waals surface area contributed by atoms with E-state index in [0.717, 1.165) is 16.9 Å². The molecule has 1 N–H and O–H groups in total. The van der Waals surface area contributed by atoms with Crippen LogP contribution < -0.4 is 0 Å². The minimum Gasteiger partial charge on any atom is -0.481 e. The van der Waals surface area contributed by atoms with Crippen molar-refractivity contribution in [3.63, 3.8) is 0 Å². The van der Waals surface area contributed by atoms with Gasteiger partial charge in [-0.1, -0.05) is 12.1 Å². The van der Waals surface area contributed by atoms with E-state index < -0.39 is 5.97 Å². The van der Waals surface area contributed by atoms with E-state index in [1.165, 1.54) is 11.8 Å². The predicted octanol–water partition coefficient (Wildman–Crippen LogP) is 1.89. The van der Waals surface area contributed by atoms with E-state index in [-0.39, 0.29) is 5.75 Å². The van der Waals surface area contributed by atoms with E-state index >= 15 is 0 Å². The van der Waals surface area contributed by atoms with E-state index in [0.29, 0.717) is 5.75 Å². The van der Waals surface area contributed by atoms with Gasteiger partial charge in [0, 0.05) is 7.05 Å². The molecule has 0 unspecified atom stereocenters. The standard InChI is InChI=1S/C11H12N2O2S/c1-13-9-5-3-2-4-8(9)12-10(13)6-16-7-11(14)15/h2-5H,6-7H2,1H3,(H,14,15). The van der Waals surface area contributed by atoms with Crippen LogP contribution >= 0.6 is 11.8 Å². The molecule has 16 heavy (non-hydrogen) atoms. The first-order valence-electron chi connectivity index (χ1n) is 4.88. The molecule has 4 nitrogen and oxygen atoms in total. The van der Waals surface area contributed by atoms with E-state index in [9.17, 15) is 4.79 Å². The lowest BCUT2D eigenvalue weighted by molar-refractivity contribution is -0.133. The number of imidazole rings is 1. The second-order valence-corrected chi connectivity index (χ2v) is 4.45. The first-order chi connectivity index (χ1) is 7.68. The zero-order valence-electron chi connectivity index (χ0n) is 8.88. The fourth-order valence-corrected chi connectivity index (χ4v) is 2.27. The molecule has 0 fully saturated rings. The van der Waals surface area contributed by atoms with Crippen LogP contribution in [0, 0.1) is 0 Å². The summed E-state index contributed by atoms with van der Waals surface area (Å²) in [5.41, 5.74) is 2.03. The molecule has 1 aromatic heterocycles. The van der Waals surface area contributed by atoms with Crippen molar-refractivity contribution in [3.05, 3.63) is 30.1 Å². The number of nitrogens with zero attached hydrogens (tertiary/aromatic N) is 2. The van der Waals surface area contributed by atoms with Crippen molar-refractivity contribution < 1.29 is 9.90 Å². The van der Waals surface area contributed by atoms with E-state index in [4.69, 9.17) is 5.11 Å². The van der Waals surface area contributed by atoms with Gasteiger partial charge in [0.1, 0.15) is 5.82 Å². The monoisotopic (exact) mass is 236 g/mol. The van der Waals surface area contributed by atoms with Crippen LogP contribution in [0.5, 0.6) is 0 Å². The molecule has 0 aliphatic heterocycles. The lowest BCUT2D eigenvalue weighted by Gasteiger charge is -2.00. The molecular weight excluding hydrogens is 224 g/mol. The van der Waals surface area contributed by atoms with E-state index in [2.05, 4.69) is 4.98 Å². The predicted molar refractivity (Wildman–Crippen MR) is 64.5 cm³/mol. The van der Waals surface area contributed by atoms with Crippen LogP contribution in [0.15, 0.2) is 24.3 Å². The molecule has 2 rings (SSSR count). The third-order valence-corrected chi connectivity index (χ3v) is 3.25. The zero-order chi connectivity index (χ0) is 11.5. The lowest BCUT2D eigenvalue weighted by atomic mass is 10.3. The number of benzene rings is 1. The third kappa shape index (κ3) is 2.19. The summed E-state index contributed by atoms with van der Waals surface area (Å²) in [4.78, 5) is 14.9. The first kappa shape index (κ1) is 11.0. The van der Waals surface area contributed by atoms with Gasteiger partial charge in [0.05, 0.1) is 22.5 Å². The van der Waals surface area contributed by atoms with Crippen LogP contribution in [0.1, 0.15) is 5.82 Å². The van der Waals surface area contributed by atoms with Crippen molar-refractivity contribution in [2.24, 2.45) is 7.05 Å². The number of fused-ring (bicyclic) bond motifs is 1. The molecule has 0 amide bonds. The average molecular weight is 236 g/mol. The fraction of sp³-hybridized carbons (Fsp3) is 0.273. The minimum atomic E-state index is -0.788. The van der Waals surface area contributed by atoms with E-state index in [1.54, 1.807) is 0 Å². The Bertz CT molecular complexity index is 522. The maximum atomic E-state index is 10.4. The number of hydrogen-bond donors (Lipinski definition) is 1. The Morgan fingerprint density at radius 2 is 2.25 bits per heavy atom. The Morgan fingerprint density at radius 3 is 2.94 bits per heavy atom. The van der Waals surface area contributed by atoms with Crippen molar-refractivity contribution in [1.82, 2.24) is 9.55 Å². The quantitative estimate of drug-likeness (QED) is 0.880. The van der Waals surface area contributed by atoms with Gasteiger partial charge in [-0.15, -0.1) is 11.8 Å². The Hall–Kier alpha value is -1.49. The molecule has 0 aliphatic rings. The summed E-state index contributed by atoms with van der Waals surface area (Å²) < 4.78 is 2.00. The van der Waals surface area contributed by atoms with Gasteiger partial charge in [0.2, 0.25) is 0 Å². The molecule has 2 aromatic rings. The Balaban J connectivity index is 2.18. The van der Waals surface area contributed by atoms with Gasteiger partial charge in [-0.3, -0.25) is 4.79 Å². The molecule has 1 aromatic carbocycles. The topological polar surface area (TPSA) is 55.1 Å². The van der Waals surface area contributed by atoms with Crippen molar-refractivity contribution >= 4 is 28.8 Å². The van der Waals surface area contributed by atoms with Crippen LogP contribution in [0.3, 0.4) is 0 Å². The van der Waals surface area contributed by atoms with Crippen molar-refractivity contribution in [2.45, 2.75) is 5.75 Å². The molecule has 84 valence electrons. The number of para-hydroxylation sites is 2. The van der Waals surface area contributed by atoms with Gasteiger partial charge in [-0.2, -0.15) is 0 Å². The van der Waals surface area contributed by atoms with Gasteiger partial charge in [-0.05, 0) is 12.1 Å². The van der Waals surface area contributed by atoms with Crippen LogP contribution in [-0.2, 0) is 17.6 Å². The van der Waals surface area contributed by atoms with Gasteiger partial charge < -0.3 is 9.67 Å². The number of carbonyl (C=O) groups is 1. The second kappa shape index (κ2) is 4.57. The van der Waals surface area contributed by atoms with E-state index in [1.807, 2.05) is 35.9 Å². The highest BCUT2D eigenvalue weighted by Crippen LogP contribution is 2.17. The summed E-state index contributed by atoms with van der Waals surface area (Å²) in [5, 5.41) is 8.55. The largest absolute Gasteiger partial charge is 0.481 e. The van der Waals surface area contributed by atoms with Gasteiger partial charge in [0.15, 0.2) is 0 Å². The van der Waals surface area contributed by atoms with Crippen LogP contribution in [0.25, 0.3) is 11.0 Å². The Labute approximate surface area is 97.3 Å². The second-order valence-electron chi connectivity index (χ2n) is 3.46. The molecule has 0 bridgehead atoms. The SMILES string of the molecule is Cn1c(CSCC(=O)O)nc2ccccc21. The fourth-order valence-electron chi connectivity index (χ4n) is 1.55. The number of aliphatic carboxylic acids is 1. The number of aryl methyl sites for hydroxylation is 1. The average Bonchev–Trinajstić information content (AvgIpc) is 2.56. The molecule has 0 spiro atoms. The number of hydrogen-bond acceptors (Lipinski definition) is 3. The van der Waals surface area contributed by atoms with Gasteiger partial charge in [-0.25, -0.2) is 4.98 Å². The number of rotatable bonds is 4. The smallest absolute Gasteiger partial charge is 0.313 e. The summed E-state index contributed by atoms with van der Waals surface area (Å²) >= 11 is 1.36. The minimum absolute atomic E-state index is 0.114. The Morgan fingerprint density at radius 1 is 1.50 bits per heavy atom. The van der Waals surface area contributed by atoms with Crippen LogP contribution in [-0.4, -0.2) is 26.4 Å². The van der Waals surface area contributed by atoms with Crippen LogP contribution in [0.4, 0.5) is 0 Å². The normalized spacial score (nSPS) is 10.8. The summed E-state index contributed by atoms with van der Waals surface area (Å²) in [6.45, 7) is 0. The highest BCUT2D eigenvalue weighted by molar-refractivity contribution is 7.99. The first-order valence-corrected chi connectivity index (χ1v) is 6.04. The Kier molecular flexibility index (Phi) is 3.14. The molecule has 0 radical (unpaired) electrons. The maximum absolute atomic E-state index is 10.4. The highest BCUT2D eigenvalue weighted by Gasteiger charge is 2.07.